The Morgan fingerprint density at radius 3 is 2.63 bits per heavy atom. The van der Waals surface area contributed by atoms with Gasteiger partial charge in [-0.25, -0.2) is 0 Å². The highest BCUT2D eigenvalue weighted by Gasteiger charge is 2.15. The maximum absolute atomic E-state index is 12.2. The first-order valence-corrected chi connectivity index (χ1v) is 7.63. The van der Waals surface area contributed by atoms with Crippen molar-refractivity contribution in [3.63, 3.8) is 0 Å². The topological polar surface area (TPSA) is 34.0 Å². The van der Waals surface area contributed by atoms with E-state index in [0.29, 0.717) is 5.92 Å². The van der Waals surface area contributed by atoms with Gasteiger partial charge in [0.25, 0.3) is 5.91 Å². The lowest BCUT2D eigenvalue weighted by atomic mass is 10.0. The van der Waals surface area contributed by atoms with Gasteiger partial charge < -0.3 is 9.88 Å². The third kappa shape index (κ3) is 3.26. The molecule has 0 radical (unpaired) electrons. The molecule has 0 saturated carbocycles. The molecule has 102 valence electrons. The minimum absolute atomic E-state index is 0.0330. The van der Waals surface area contributed by atoms with Crippen molar-refractivity contribution in [1.29, 1.82) is 0 Å². The van der Waals surface area contributed by atoms with E-state index in [-0.39, 0.29) is 5.91 Å². The van der Waals surface area contributed by atoms with E-state index in [1.807, 2.05) is 40.5 Å². The van der Waals surface area contributed by atoms with Gasteiger partial charge in [0, 0.05) is 18.9 Å². The quantitative estimate of drug-likeness (QED) is 0.857. The first-order chi connectivity index (χ1) is 9.26. The number of nitrogens with zero attached hydrogens (tertiary/aromatic N) is 1. The number of aromatic nitrogens is 1. The summed E-state index contributed by atoms with van der Waals surface area (Å²) in [6, 6.07) is 5.91. The fourth-order valence-electron chi connectivity index (χ4n) is 2.07. The van der Waals surface area contributed by atoms with Gasteiger partial charge in [0.1, 0.15) is 4.88 Å². The zero-order chi connectivity index (χ0) is 13.7. The Bertz CT molecular complexity index is 512. The molecule has 1 N–H and O–H groups in total. The third-order valence-corrected chi connectivity index (χ3v) is 4.34. The Labute approximate surface area is 118 Å². The monoisotopic (exact) mass is 276 g/mol. The molecule has 0 aliphatic heterocycles. The second-order valence-corrected chi connectivity index (χ2v) is 5.53. The van der Waals surface area contributed by atoms with Crippen molar-refractivity contribution in [3.8, 4) is 5.69 Å². The van der Waals surface area contributed by atoms with E-state index < -0.39 is 0 Å². The van der Waals surface area contributed by atoms with Crippen LogP contribution in [0.15, 0.2) is 36.0 Å². The van der Waals surface area contributed by atoms with Crippen LogP contribution in [0.5, 0.6) is 0 Å². The minimum atomic E-state index is 0.0330. The van der Waals surface area contributed by atoms with Crippen molar-refractivity contribution in [1.82, 2.24) is 9.88 Å². The van der Waals surface area contributed by atoms with E-state index in [9.17, 15) is 4.79 Å². The van der Waals surface area contributed by atoms with Crippen LogP contribution in [-0.2, 0) is 0 Å². The third-order valence-electron chi connectivity index (χ3n) is 3.44. The average molecular weight is 276 g/mol. The van der Waals surface area contributed by atoms with E-state index in [4.69, 9.17) is 0 Å². The summed E-state index contributed by atoms with van der Waals surface area (Å²) >= 11 is 1.49. The number of rotatable bonds is 6. The lowest BCUT2D eigenvalue weighted by molar-refractivity contribution is 0.0950. The van der Waals surface area contributed by atoms with Crippen molar-refractivity contribution in [2.75, 3.05) is 6.54 Å². The first-order valence-electron chi connectivity index (χ1n) is 6.75. The molecule has 0 atom stereocenters. The van der Waals surface area contributed by atoms with Crippen molar-refractivity contribution >= 4 is 17.2 Å². The van der Waals surface area contributed by atoms with Crippen LogP contribution in [0.25, 0.3) is 5.69 Å². The molecular formula is C15H20N2OS. The molecule has 2 aromatic rings. The largest absolute Gasteiger partial charge is 0.351 e. The van der Waals surface area contributed by atoms with Gasteiger partial charge in [0.2, 0.25) is 0 Å². The van der Waals surface area contributed by atoms with Gasteiger partial charge in [-0.2, -0.15) is 0 Å². The zero-order valence-corrected chi connectivity index (χ0v) is 12.2. The summed E-state index contributed by atoms with van der Waals surface area (Å²) in [7, 11) is 0. The Balaban J connectivity index is 2.06. The van der Waals surface area contributed by atoms with Gasteiger partial charge in [0.15, 0.2) is 0 Å². The number of thiophene rings is 1. The van der Waals surface area contributed by atoms with E-state index in [1.54, 1.807) is 0 Å². The van der Waals surface area contributed by atoms with E-state index in [2.05, 4.69) is 19.2 Å². The molecular weight excluding hydrogens is 256 g/mol. The molecule has 0 aliphatic carbocycles. The zero-order valence-electron chi connectivity index (χ0n) is 11.4. The lowest BCUT2D eigenvalue weighted by Gasteiger charge is -2.13. The van der Waals surface area contributed by atoms with Crippen molar-refractivity contribution < 1.29 is 4.79 Å². The van der Waals surface area contributed by atoms with Gasteiger partial charge in [-0.15, -0.1) is 11.3 Å². The summed E-state index contributed by atoms with van der Waals surface area (Å²) in [6.45, 7) is 5.09. The molecule has 4 heteroatoms. The molecule has 0 aromatic carbocycles. The predicted octanol–water partition coefficient (Wildman–Crippen LogP) is 3.70. The van der Waals surface area contributed by atoms with E-state index in [0.717, 1.165) is 30.0 Å². The number of nitrogens with one attached hydrogen (secondary N) is 1. The maximum atomic E-state index is 12.2. The molecule has 0 saturated heterocycles. The van der Waals surface area contributed by atoms with Crippen LogP contribution in [0.1, 0.15) is 36.4 Å². The molecule has 0 fully saturated rings. The summed E-state index contributed by atoms with van der Waals surface area (Å²) in [5.41, 5.74) is 0.956. The van der Waals surface area contributed by atoms with Gasteiger partial charge >= 0.3 is 0 Å². The molecule has 2 heterocycles. The average Bonchev–Trinajstić information content (AvgIpc) is 3.10. The Morgan fingerprint density at radius 1 is 1.32 bits per heavy atom. The Hall–Kier alpha value is -1.55. The second kappa shape index (κ2) is 6.57. The van der Waals surface area contributed by atoms with Crippen LogP contribution in [0.2, 0.25) is 0 Å². The SMILES string of the molecule is CCC(CC)CNC(=O)c1sccc1-n1cccc1. The highest BCUT2D eigenvalue weighted by Crippen LogP contribution is 2.21. The highest BCUT2D eigenvalue weighted by atomic mass is 32.1. The molecule has 0 bridgehead atoms. The molecule has 0 unspecified atom stereocenters. The smallest absolute Gasteiger partial charge is 0.263 e. The molecule has 0 spiro atoms. The van der Waals surface area contributed by atoms with Gasteiger partial charge in [-0.3, -0.25) is 4.79 Å². The molecule has 1 amide bonds. The van der Waals surface area contributed by atoms with Crippen LogP contribution in [0.3, 0.4) is 0 Å². The molecule has 2 aromatic heterocycles. The van der Waals surface area contributed by atoms with Crippen molar-refractivity contribution in [3.05, 3.63) is 40.8 Å². The van der Waals surface area contributed by atoms with E-state index >= 15 is 0 Å². The van der Waals surface area contributed by atoms with Gasteiger partial charge in [-0.1, -0.05) is 26.7 Å². The maximum Gasteiger partial charge on any atom is 0.263 e. The second-order valence-electron chi connectivity index (χ2n) is 4.62. The van der Waals surface area contributed by atoms with Crippen LogP contribution < -0.4 is 5.32 Å². The fourth-order valence-corrected chi connectivity index (χ4v) is 2.87. The number of amides is 1. The summed E-state index contributed by atoms with van der Waals surface area (Å²) in [5.74, 6) is 0.601. The lowest BCUT2D eigenvalue weighted by Crippen LogP contribution is -2.28. The van der Waals surface area contributed by atoms with Crippen LogP contribution in [0, 0.1) is 5.92 Å². The molecule has 2 rings (SSSR count). The van der Waals surface area contributed by atoms with Crippen LogP contribution >= 0.6 is 11.3 Å². The number of carbonyl (C=O) groups is 1. The van der Waals surface area contributed by atoms with Crippen molar-refractivity contribution in [2.24, 2.45) is 5.92 Å². The number of hydrogen-bond donors (Lipinski definition) is 1. The van der Waals surface area contributed by atoms with E-state index in [1.165, 1.54) is 11.3 Å². The molecule has 3 nitrogen and oxygen atoms in total. The summed E-state index contributed by atoms with van der Waals surface area (Å²) < 4.78 is 1.97. The molecule has 19 heavy (non-hydrogen) atoms. The minimum Gasteiger partial charge on any atom is -0.351 e. The first kappa shape index (κ1) is 13.9. The normalized spacial score (nSPS) is 10.9. The standard InChI is InChI=1S/C15H20N2OS/c1-3-12(4-2)11-16-15(18)14-13(7-10-19-14)17-8-5-6-9-17/h5-10,12H,3-4,11H2,1-2H3,(H,16,18). The Morgan fingerprint density at radius 2 is 2.00 bits per heavy atom. The summed E-state index contributed by atoms with van der Waals surface area (Å²) in [4.78, 5) is 13.0. The van der Waals surface area contributed by atoms with Crippen LogP contribution in [0.4, 0.5) is 0 Å². The number of hydrogen-bond acceptors (Lipinski definition) is 2. The number of carbonyl (C=O) groups excluding carboxylic acids is 1. The van der Waals surface area contributed by atoms with Crippen LogP contribution in [-0.4, -0.2) is 17.0 Å². The Kier molecular flexibility index (Phi) is 4.80. The molecule has 0 aliphatic rings. The van der Waals surface area contributed by atoms with Crippen molar-refractivity contribution in [2.45, 2.75) is 26.7 Å². The van der Waals surface area contributed by atoms with Gasteiger partial charge in [0.05, 0.1) is 5.69 Å². The predicted molar refractivity (Wildman–Crippen MR) is 80.1 cm³/mol. The van der Waals surface area contributed by atoms with Gasteiger partial charge in [-0.05, 0) is 29.5 Å². The fraction of sp³-hybridized carbons (Fsp3) is 0.400. The summed E-state index contributed by atoms with van der Waals surface area (Å²) in [6.07, 6.45) is 6.12. The summed E-state index contributed by atoms with van der Waals surface area (Å²) in [5, 5.41) is 5.01. The highest BCUT2D eigenvalue weighted by molar-refractivity contribution is 7.12.